The lowest BCUT2D eigenvalue weighted by atomic mass is 9.86. The molecule has 0 amide bonds. The maximum absolute atomic E-state index is 12.5. The summed E-state index contributed by atoms with van der Waals surface area (Å²) in [4.78, 5) is 11.4. The van der Waals surface area contributed by atoms with Crippen molar-refractivity contribution >= 4 is 15.8 Å². The molecule has 2 aliphatic heterocycles. The topological polar surface area (TPSA) is 78.9 Å². The zero-order valence-electron chi connectivity index (χ0n) is 12.7. The average molecular weight is 320 g/mol. The monoisotopic (exact) mass is 320 g/mol. The normalized spacial score (nSPS) is 27.2. The molecule has 2 aliphatic rings. The molecular weight excluding hydrogens is 296 g/mol. The van der Waals surface area contributed by atoms with Crippen molar-refractivity contribution in [1.29, 1.82) is 0 Å². The maximum Gasteiger partial charge on any atom is 0.309 e. The highest BCUT2D eigenvalue weighted by Gasteiger charge is 2.43. The SMILES string of the molecule is COC(=O)C(C)CS(=O)(=O)C1CCOC2(CCOCC2)C1. The Bertz CT molecular complexity index is 460. The van der Waals surface area contributed by atoms with Crippen molar-refractivity contribution in [2.24, 2.45) is 5.92 Å². The minimum absolute atomic E-state index is 0.156. The molecule has 6 nitrogen and oxygen atoms in total. The van der Waals surface area contributed by atoms with Crippen LogP contribution in [0.2, 0.25) is 0 Å². The quantitative estimate of drug-likeness (QED) is 0.717. The van der Waals surface area contributed by atoms with Gasteiger partial charge in [-0.15, -0.1) is 0 Å². The van der Waals surface area contributed by atoms with Crippen LogP contribution in [0.25, 0.3) is 0 Å². The van der Waals surface area contributed by atoms with E-state index in [1.165, 1.54) is 7.11 Å². The van der Waals surface area contributed by atoms with Gasteiger partial charge in [-0.05, 0) is 25.7 Å². The molecule has 2 unspecified atom stereocenters. The highest BCUT2D eigenvalue weighted by atomic mass is 32.2. The van der Waals surface area contributed by atoms with E-state index in [4.69, 9.17) is 9.47 Å². The Morgan fingerprint density at radius 3 is 2.62 bits per heavy atom. The lowest BCUT2D eigenvalue weighted by Crippen LogP contribution is -2.48. The van der Waals surface area contributed by atoms with Crippen LogP contribution in [0, 0.1) is 5.92 Å². The Morgan fingerprint density at radius 2 is 2.00 bits per heavy atom. The molecule has 0 saturated carbocycles. The number of esters is 1. The first-order chi connectivity index (χ1) is 9.88. The molecule has 0 N–H and O–H groups in total. The lowest BCUT2D eigenvalue weighted by molar-refractivity contribution is -0.144. The van der Waals surface area contributed by atoms with Crippen LogP contribution in [0.4, 0.5) is 0 Å². The Morgan fingerprint density at radius 1 is 1.33 bits per heavy atom. The largest absolute Gasteiger partial charge is 0.469 e. The summed E-state index contributed by atoms with van der Waals surface area (Å²) >= 11 is 0. The number of carbonyl (C=O) groups excluding carboxylic acids is 1. The highest BCUT2D eigenvalue weighted by molar-refractivity contribution is 7.92. The molecule has 2 saturated heterocycles. The summed E-state index contributed by atoms with van der Waals surface area (Å²) < 4.78 is 40.9. The van der Waals surface area contributed by atoms with Crippen molar-refractivity contribution < 1.29 is 27.4 Å². The number of ether oxygens (including phenoxy) is 3. The van der Waals surface area contributed by atoms with Crippen LogP contribution < -0.4 is 0 Å². The van der Waals surface area contributed by atoms with E-state index in [0.29, 0.717) is 32.7 Å². The fourth-order valence-electron chi connectivity index (χ4n) is 3.13. The number of hydrogen-bond donors (Lipinski definition) is 0. The predicted molar refractivity (Wildman–Crippen MR) is 76.7 cm³/mol. The van der Waals surface area contributed by atoms with Gasteiger partial charge in [0.2, 0.25) is 0 Å². The van der Waals surface area contributed by atoms with Crippen molar-refractivity contribution in [1.82, 2.24) is 0 Å². The zero-order chi connectivity index (χ0) is 15.5. The standard InChI is InChI=1S/C14H24O6S/c1-11(13(15)18-2)10-21(16,17)12-3-6-20-14(9-12)4-7-19-8-5-14/h11-12H,3-10H2,1-2H3. The van der Waals surface area contributed by atoms with Crippen LogP contribution in [0.15, 0.2) is 0 Å². The van der Waals surface area contributed by atoms with Crippen molar-refractivity contribution in [3.05, 3.63) is 0 Å². The summed E-state index contributed by atoms with van der Waals surface area (Å²) in [6, 6.07) is 0. The summed E-state index contributed by atoms with van der Waals surface area (Å²) in [5.74, 6) is -1.27. The van der Waals surface area contributed by atoms with Crippen LogP contribution in [0.3, 0.4) is 0 Å². The van der Waals surface area contributed by atoms with Gasteiger partial charge in [-0.2, -0.15) is 0 Å². The first-order valence-corrected chi connectivity index (χ1v) is 9.11. The van der Waals surface area contributed by atoms with E-state index in [9.17, 15) is 13.2 Å². The first kappa shape index (κ1) is 16.7. The summed E-state index contributed by atoms with van der Waals surface area (Å²) in [7, 11) is -2.06. The van der Waals surface area contributed by atoms with Crippen molar-refractivity contribution in [2.75, 3.05) is 32.7 Å². The molecule has 122 valence electrons. The summed E-state index contributed by atoms with van der Waals surface area (Å²) in [6.45, 7) is 3.28. The van der Waals surface area contributed by atoms with Gasteiger partial charge in [0.1, 0.15) is 0 Å². The third-order valence-electron chi connectivity index (χ3n) is 4.45. The molecule has 7 heteroatoms. The van der Waals surface area contributed by atoms with Gasteiger partial charge in [0.05, 0.1) is 29.6 Å². The fourth-order valence-corrected chi connectivity index (χ4v) is 5.25. The molecular formula is C14H24O6S. The van der Waals surface area contributed by atoms with Gasteiger partial charge in [-0.25, -0.2) is 8.42 Å². The van der Waals surface area contributed by atoms with Crippen LogP contribution in [-0.2, 0) is 28.8 Å². The van der Waals surface area contributed by atoms with Gasteiger partial charge in [-0.1, -0.05) is 6.92 Å². The van der Waals surface area contributed by atoms with Gasteiger partial charge in [0.15, 0.2) is 9.84 Å². The van der Waals surface area contributed by atoms with Gasteiger partial charge < -0.3 is 14.2 Å². The van der Waals surface area contributed by atoms with Crippen molar-refractivity contribution in [3.8, 4) is 0 Å². The van der Waals surface area contributed by atoms with Gasteiger partial charge >= 0.3 is 5.97 Å². The van der Waals surface area contributed by atoms with Gasteiger partial charge in [0.25, 0.3) is 0 Å². The van der Waals surface area contributed by atoms with E-state index < -0.39 is 27.0 Å². The van der Waals surface area contributed by atoms with Crippen molar-refractivity contribution in [2.45, 2.75) is 43.5 Å². The molecule has 2 heterocycles. The van der Waals surface area contributed by atoms with E-state index in [2.05, 4.69) is 4.74 Å². The van der Waals surface area contributed by atoms with Gasteiger partial charge in [0, 0.05) is 19.8 Å². The second-order valence-corrected chi connectivity index (χ2v) is 8.34. The zero-order valence-corrected chi connectivity index (χ0v) is 13.5. The number of methoxy groups -OCH3 is 1. The molecule has 0 bridgehead atoms. The van der Waals surface area contributed by atoms with Crippen LogP contribution in [-0.4, -0.2) is 57.9 Å². The fraction of sp³-hybridized carbons (Fsp3) is 0.929. The summed E-state index contributed by atoms with van der Waals surface area (Å²) in [6.07, 6.45) is 2.49. The number of rotatable bonds is 4. The third kappa shape index (κ3) is 3.96. The Kier molecular flexibility index (Phi) is 5.27. The predicted octanol–water partition coefficient (Wildman–Crippen LogP) is 0.938. The number of hydrogen-bond acceptors (Lipinski definition) is 6. The lowest BCUT2D eigenvalue weighted by Gasteiger charge is -2.43. The Balaban J connectivity index is 2.04. The average Bonchev–Trinajstić information content (AvgIpc) is 2.46. The van der Waals surface area contributed by atoms with E-state index >= 15 is 0 Å². The first-order valence-electron chi connectivity index (χ1n) is 7.40. The highest BCUT2D eigenvalue weighted by Crippen LogP contribution is 2.37. The molecule has 0 aromatic heterocycles. The molecule has 0 aromatic rings. The number of carbonyl (C=O) groups is 1. The third-order valence-corrected chi connectivity index (χ3v) is 6.83. The minimum atomic E-state index is -3.33. The van der Waals surface area contributed by atoms with Crippen LogP contribution in [0.5, 0.6) is 0 Å². The van der Waals surface area contributed by atoms with Crippen molar-refractivity contribution in [3.63, 3.8) is 0 Å². The van der Waals surface area contributed by atoms with E-state index in [-0.39, 0.29) is 11.4 Å². The van der Waals surface area contributed by atoms with Crippen LogP contribution in [0.1, 0.15) is 32.6 Å². The van der Waals surface area contributed by atoms with E-state index in [1.807, 2.05) is 0 Å². The summed E-state index contributed by atoms with van der Waals surface area (Å²) in [5, 5.41) is -0.434. The summed E-state index contributed by atoms with van der Waals surface area (Å²) in [5.41, 5.74) is -0.358. The molecule has 2 rings (SSSR count). The van der Waals surface area contributed by atoms with Gasteiger partial charge in [-0.3, -0.25) is 4.79 Å². The molecule has 2 atom stereocenters. The van der Waals surface area contributed by atoms with Crippen LogP contribution >= 0.6 is 0 Å². The molecule has 0 aliphatic carbocycles. The molecule has 1 spiro atoms. The minimum Gasteiger partial charge on any atom is -0.469 e. The Hall–Kier alpha value is -0.660. The second kappa shape index (κ2) is 6.62. The smallest absolute Gasteiger partial charge is 0.309 e. The molecule has 2 fully saturated rings. The number of sulfone groups is 1. The van der Waals surface area contributed by atoms with E-state index in [1.54, 1.807) is 6.92 Å². The molecule has 0 radical (unpaired) electrons. The van der Waals surface area contributed by atoms with E-state index in [0.717, 1.165) is 12.8 Å². The molecule has 21 heavy (non-hydrogen) atoms. The second-order valence-electron chi connectivity index (χ2n) is 6.01. The Labute approximate surface area is 126 Å². The maximum atomic E-state index is 12.5. The molecule has 0 aromatic carbocycles.